The highest BCUT2D eigenvalue weighted by molar-refractivity contribution is 6.30. The number of rotatable bonds is 6. The molecule has 156 valence electrons. The number of benzene rings is 1. The Morgan fingerprint density at radius 1 is 1.34 bits per heavy atom. The number of fused-ring (bicyclic) bond motifs is 1. The van der Waals surface area contributed by atoms with Crippen LogP contribution in [0.3, 0.4) is 0 Å². The van der Waals surface area contributed by atoms with Crippen LogP contribution in [0, 0.1) is 5.92 Å². The molecule has 6 nitrogen and oxygen atoms in total. The summed E-state index contributed by atoms with van der Waals surface area (Å²) in [5.74, 6) is 1.59. The largest absolute Gasteiger partial charge is 0.487 e. The molecule has 2 aromatic rings. The van der Waals surface area contributed by atoms with Crippen molar-refractivity contribution in [3.63, 3.8) is 0 Å². The highest BCUT2D eigenvalue weighted by Crippen LogP contribution is 2.38. The van der Waals surface area contributed by atoms with Crippen LogP contribution in [-0.4, -0.2) is 45.8 Å². The van der Waals surface area contributed by atoms with Crippen molar-refractivity contribution in [1.82, 2.24) is 20.0 Å². The number of nitrogens with one attached hydrogen (secondary N) is 1. The number of aromatic nitrogens is 2. The van der Waals surface area contributed by atoms with E-state index in [0.717, 1.165) is 51.2 Å². The number of hydrogen-bond acceptors (Lipinski definition) is 4. The molecule has 4 rings (SSSR count). The third-order valence-electron chi connectivity index (χ3n) is 5.77. The van der Waals surface area contributed by atoms with Crippen LogP contribution in [0.4, 0.5) is 0 Å². The third-order valence-corrected chi connectivity index (χ3v) is 5.96. The smallest absolute Gasteiger partial charge is 0.241 e. The van der Waals surface area contributed by atoms with Crippen LogP contribution in [0.15, 0.2) is 30.6 Å². The fourth-order valence-corrected chi connectivity index (χ4v) is 4.44. The summed E-state index contributed by atoms with van der Waals surface area (Å²) in [5.41, 5.74) is 2.51. The SMILES string of the molecule is CC1(C)Cc2cccc(CN3CCC(CNC(=O)Cn4cc(Cl)cn4)CC3)c2O1. The van der Waals surface area contributed by atoms with E-state index >= 15 is 0 Å². The monoisotopic (exact) mass is 416 g/mol. The average molecular weight is 417 g/mol. The molecule has 1 amide bonds. The van der Waals surface area contributed by atoms with E-state index in [1.807, 2.05) is 0 Å². The molecule has 1 fully saturated rings. The Hall–Kier alpha value is -2.05. The number of carbonyl (C=O) groups excluding carboxylic acids is 1. The fourth-order valence-electron chi connectivity index (χ4n) is 4.28. The van der Waals surface area contributed by atoms with Crippen molar-refractivity contribution >= 4 is 17.5 Å². The van der Waals surface area contributed by atoms with Crippen LogP contribution in [0.25, 0.3) is 0 Å². The average Bonchev–Trinajstić information content (AvgIpc) is 3.22. The quantitative estimate of drug-likeness (QED) is 0.785. The molecular formula is C22H29ClN4O2. The first-order valence-electron chi connectivity index (χ1n) is 10.3. The first-order chi connectivity index (χ1) is 13.9. The summed E-state index contributed by atoms with van der Waals surface area (Å²) in [6.07, 6.45) is 6.36. The molecule has 1 saturated heterocycles. The molecule has 0 bridgehead atoms. The predicted molar refractivity (Wildman–Crippen MR) is 113 cm³/mol. The maximum Gasteiger partial charge on any atom is 0.241 e. The lowest BCUT2D eigenvalue weighted by atomic mass is 9.96. The van der Waals surface area contributed by atoms with Crippen LogP contribution in [0.1, 0.15) is 37.8 Å². The van der Waals surface area contributed by atoms with Gasteiger partial charge in [-0.1, -0.05) is 29.8 Å². The van der Waals surface area contributed by atoms with Crippen molar-refractivity contribution < 1.29 is 9.53 Å². The molecule has 29 heavy (non-hydrogen) atoms. The van der Waals surface area contributed by atoms with E-state index in [1.54, 1.807) is 17.1 Å². The molecule has 0 radical (unpaired) electrons. The zero-order valence-corrected chi connectivity index (χ0v) is 17.9. The molecule has 0 atom stereocenters. The highest BCUT2D eigenvalue weighted by Gasteiger charge is 2.32. The minimum absolute atomic E-state index is 0.0215. The summed E-state index contributed by atoms with van der Waals surface area (Å²) >= 11 is 5.83. The maximum atomic E-state index is 12.1. The third kappa shape index (κ3) is 5.11. The van der Waals surface area contributed by atoms with E-state index in [2.05, 4.69) is 47.4 Å². The standard InChI is InChI=1S/C22H29ClN4O2/c1-22(2)10-17-4-3-5-18(21(17)29-22)13-26-8-6-16(7-9-26)11-24-20(28)15-27-14-19(23)12-25-27/h3-5,12,14,16H,6-11,13,15H2,1-2H3,(H,24,28). The number of carbonyl (C=O) groups is 1. The van der Waals surface area contributed by atoms with Gasteiger partial charge in [-0.05, 0) is 51.3 Å². The van der Waals surface area contributed by atoms with Gasteiger partial charge >= 0.3 is 0 Å². The summed E-state index contributed by atoms with van der Waals surface area (Å²) in [5, 5.41) is 7.62. The van der Waals surface area contributed by atoms with Crippen LogP contribution < -0.4 is 10.1 Å². The summed E-state index contributed by atoms with van der Waals surface area (Å²) in [7, 11) is 0. The van der Waals surface area contributed by atoms with Crippen molar-refractivity contribution in [1.29, 1.82) is 0 Å². The van der Waals surface area contributed by atoms with Crippen molar-refractivity contribution in [2.24, 2.45) is 5.92 Å². The zero-order valence-electron chi connectivity index (χ0n) is 17.2. The molecule has 0 saturated carbocycles. The summed E-state index contributed by atoms with van der Waals surface area (Å²) < 4.78 is 7.77. The van der Waals surface area contributed by atoms with Gasteiger partial charge in [0.2, 0.25) is 5.91 Å². The van der Waals surface area contributed by atoms with E-state index < -0.39 is 0 Å². The Kier molecular flexibility index (Phi) is 5.83. The molecule has 7 heteroatoms. The van der Waals surface area contributed by atoms with Gasteiger partial charge in [0, 0.05) is 31.3 Å². The number of hydrogen-bond donors (Lipinski definition) is 1. The van der Waals surface area contributed by atoms with Gasteiger partial charge in [0.15, 0.2) is 0 Å². The van der Waals surface area contributed by atoms with Crippen LogP contribution in [0.2, 0.25) is 5.02 Å². The lowest BCUT2D eigenvalue weighted by molar-refractivity contribution is -0.122. The molecule has 1 aromatic carbocycles. The number of likely N-dealkylation sites (tertiary alicyclic amines) is 1. The normalized spacial score (nSPS) is 19.0. The first-order valence-corrected chi connectivity index (χ1v) is 10.7. The second kappa shape index (κ2) is 8.36. The first kappa shape index (κ1) is 20.2. The van der Waals surface area contributed by atoms with Gasteiger partial charge in [-0.15, -0.1) is 0 Å². The molecule has 2 aliphatic heterocycles. The molecular weight excluding hydrogens is 388 g/mol. The topological polar surface area (TPSA) is 59.4 Å². The van der Waals surface area contributed by atoms with Gasteiger partial charge in [-0.25, -0.2) is 0 Å². The molecule has 0 unspecified atom stereocenters. The number of nitrogens with zero attached hydrogens (tertiary/aromatic N) is 3. The van der Waals surface area contributed by atoms with Crippen LogP contribution in [-0.2, 0) is 24.3 Å². The number of amides is 1. The van der Waals surface area contributed by atoms with Crippen molar-refractivity contribution in [2.75, 3.05) is 19.6 Å². The van der Waals surface area contributed by atoms with Gasteiger partial charge in [0.25, 0.3) is 0 Å². The summed E-state index contributed by atoms with van der Waals surface area (Å²) in [4.78, 5) is 14.6. The molecule has 0 spiro atoms. The van der Waals surface area contributed by atoms with Gasteiger partial charge in [0.05, 0.1) is 11.2 Å². The fraction of sp³-hybridized carbons (Fsp3) is 0.545. The Labute approximate surface area is 177 Å². The number of halogens is 1. The van der Waals surface area contributed by atoms with Crippen molar-refractivity contribution in [3.8, 4) is 5.75 Å². The molecule has 1 aromatic heterocycles. The predicted octanol–water partition coefficient (Wildman–Crippen LogP) is 3.28. The zero-order chi connectivity index (χ0) is 20.4. The summed E-state index contributed by atoms with van der Waals surface area (Å²) in [6.45, 7) is 8.25. The van der Waals surface area contributed by atoms with Gasteiger partial charge in [-0.2, -0.15) is 5.10 Å². The van der Waals surface area contributed by atoms with Crippen molar-refractivity contribution in [3.05, 3.63) is 46.7 Å². The molecule has 0 aliphatic carbocycles. The molecule has 1 N–H and O–H groups in total. The number of para-hydroxylation sites is 1. The molecule has 2 aliphatic rings. The van der Waals surface area contributed by atoms with Gasteiger partial charge in [0.1, 0.15) is 17.9 Å². The molecule has 3 heterocycles. The summed E-state index contributed by atoms with van der Waals surface area (Å²) in [6, 6.07) is 6.52. The van der Waals surface area contributed by atoms with Gasteiger partial charge in [-0.3, -0.25) is 14.4 Å². The lowest BCUT2D eigenvalue weighted by Crippen LogP contribution is -2.39. The van der Waals surface area contributed by atoms with Crippen LogP contribution in [0.5, 0.6) is 5.75 Å². The Bertz CT molecular complexity index is 871. The minimum Gasteiger partial charge on any atom is -0.487 e. The van der Waals surface area contributed by atoms with Gasteiger partial charge < -0.3 is 10.1 Å². The minimum atomic E-state index is -0.106. The van der Waals surface area contributed by atoms with Crippen LogP contribution >= 0.6 is 11.6 Å². The Morgan fingerprint density at radius 3 is 2.86 bits per heavy atom. The van der Waals surface area contributed by atoms with E-state index in [4.69, 9.17) is 16.3 Å². The highest BCUT2D eigenvalue weighted by atomic mass is 35.5. The Balaban J connectivity index is 1.22. The maximum absolute atomic E-state index is 12.1. The lowest BCUT2D eigenvalue weighted by Gasteiger charge is -2.32. The number of piperidine rings is 1. The number of ether oxygens (including phenoxy) is 1. The van der Waals surface area contributed by atoms with E-state index in [1.165, 1.54) is 11.1 Å². The second-order valence-electron chi connectivity index (χ2n) is 8.82. The van der Waals surface area contributed by atoms with Crippen molar-refractivity contribution in [2.45, 2.75) is 51.8 Å². The second-order valence-corrected chi connectivity index (χ2v) is 9.26. The van der Waals surface area contributed by atoms with E-state index in [0.29, 0.717) is 10.9 Å². The Morgan fingerprint density at radius 2 is 2.14 bits per heavy atom. The van der Waals surface area contributed by atoms with E-state index in [-0.39, 0.29) is 18.1 Å². The van der Waals surface area contributed by atoms with E-state index in [9.17, 15) is 4.79 Å².